The van der Waals surface area contributed by atoms with Gasteiger partial charge in [0.15, 0.2) is 0 Å². The van der Waals surface area contributed by atoms with E-state index in [4.69, 9.17) is 0 Å². The number of amides is 2. The van der Waals surface area contributed by atoms with E-state index in [1.807, 2.05) is 13.8 Å². The summed E-state index contributed by atoms with van der Waals surface area (Å²) in [5, 5.41) is 5.47. The molecule has 1 aliphatic heterocycles. The van der Waals surface area contributed by atoms with E-state index >= 15 is 0 Å². The van der Waals surface area contributed by atoms with Crippen molar-refractivity contribution in [3.05, 3.63) is 25.3 Å². The maximum absolute atomic E-state index is 11.1. The highest BCUT2D eigenvalue weighted by atomic mass is 16.2. The summed E-state index contributed by atoms with van der Waals surface area (Å²) in [6, 6.07) is 0.209. The molecule has 2 N–H and O–H groups in total. The molecule has 1 heterocycles. The highest BCUT2D eigenvalue weighted by Gasteiger charge is 2.16. The van der Waals surface area contributed by atoms with Crippen LogP contribution < -0.4 is 10.6 Å². The SMILES string of the molecule is C=CC(=O)NC(C)C.C=CC1CCCCNC1=O. The average Bonchev–Trinajstić information content (AvgIpc) is 2.53. The minimum Gasteiger partial charge on any atom is -0.356 e. The number of hydrogen-bond donors (Lipinski definition) is 2. The fourth-order valence-electron chi connectivity index (χ4n) is 1.53. The summed E-state index contributed by atoms with van der Waals surface area (Å²) in [5.74, 6) is 0.0926. The van der Waals surface area contributed by atoms with E-state index in [1.165, 1.54) is 6.08 Å². The van der Waals surface area contributed by atoms with Crippen LogP contribution in [0, 0.1) is 5.92 Å². The van der Waals surface area contributed by atoms with Crippen molar-refractivity contribution in [1.29, 1.82) is 0 Å². The first-order valence-corrected chi connectivity index (χ1v) is 6.34. The first-order valence-electron chi connectivity index (χ1n) is 6.34. The van der Waals surface area contributed by atoms with Crippen molar-refractivity contribution < 1.29 is 9.59 Å². The zero-order chi connectivity index (χ0) is 14.0. The minimum atomic E-state index is -0.111. The van der Waals surface area contributed by atoms with E-state index in [0.717, 1.165) is 25.8 Å². The van der Waals surface area contributed by atoms with Crippen molar-refractivity contribution in [3.8, 4) is 0 Å². The van der Waals surface area contributed by atoms with E-state index in [0.29, 0.717) is 0 Å². The summed E-state index contributed by atoms with van der Waals surface area (Å²) in [5.41, 5.74) is 0. The van der Waals surface area contributed by atoms with Crippen LogP contribution in [0.25, 0.3) is 0 Å². The maximum Gasteiger partial charge on any atom is 0.243 e. The number of hydrogen-bond acceptors (Lipinski definition) is 2. The fraction of sp³-hybridized carbons (Fsp3) is 0.571. The van der Waals surface area contributed by atoms with Crippen LogP contribution in [0.4, 0.5) is 0 Å². The Balaban J connectivity index is 0.000000331. The molecule has 0 aromatic rings. The van der Waals surface area contributed by atoms with Gasteiger partial charge in [0.1, 0.15) is 0 Å². The van der Waals surface area contributed by atoms with E-state index in [1.54, 1.807) is 6.08 Å². The molecule has 0 spiro atoms. The Morgan fingerprint density at radius 1 is 1.44 bits per heavy atom. The second-order valence-electron chi connectivity index (χ2n) is 4.50. The van der Waals surface area contributed by atoms with Crippen molar-refractivity contribution in [2.24, 2.45) is 5.92 Å². The third-order valence-electron chi connectivity index (χ3n) is 2.48. The standard InChI is InChI=1S/C8H13NO.C6H11NO/c1-2-7-5-3-4-6-9-8(7)10;1-4-6(8)7-5(2)3/h2,7H,1,3-6H2,(H,9,10);4-5H,1H2,2-3H3,(H,7,8). The lowest BCUT2D eigenvalue weighted by atomic mass is 10.0. The molecule has 0 aromatic carbocycles. The molecule has 102 valence electrons. The van der Waals surface area contributed by atoms with Gasteiger partial charge in [-0.2, -0.15) is 0 Å². The predicted octanol–water partition coefficient (Wildman–Crippen LogP) is 1.79. The first-order chi connectivity index (χ1) is 8.51. The molecule has 1 fully saturated rings. The molecule has 4 heteroatoms. The molecule has 2 amide bonds. The molecule has 18 heavy (non-hydrogen) atoms. The van der Waals surface area contributed by atoms with Gasteiger partial charge in [-0.25, -0.2) is 0 Å². The van der Waals surface area contributed by atoms with E-state index in [-0.39, 0.29) is 23.8 Å². The number of rotatable bonds is 3. The molecule has 0 bridgehead atoms. The Morgan fingerprint density at radius 2 is 2.11 bits per heavy atom. The van der Waals surface area contributed by atoms with Crippen LogP contribution in [0.3, 0.4) is 0 Å². The lowest BCUT2D eigenvalue weighted by molar-refractivity contribution is -0.123. The number of nitrogens with one attached hydrogen (secondary N) is 2. The van der Waals surface area contributed by atoms with Gasteiger partial charge in [0.05, 0.1) is 5.92 Å². The Labute approximate surface area is 110 Å². The molecule has 0 aliphatic carbocycles. The highest BCUT2D eigenvalue weighted by molar-refractivity contribution is 5.86. The lowest BCUT2D eigenvalue weighted by Gasteiger charge is -2.05. The van der Waals surface area contributed by atoms with Crippen LogP contribution in [-0.4, -0.2) is 24.4 Å². The zero-order valence-electron chi connectivity index (χ0n) is 11.4. The molecule has 1 saturated heterocycles. The van der Waals surface area contributed by atoms with Gasteiger partial charge in [0, 0.05) is 12.6 Å². The highest BCUT2D eigenvalue weighted by Crippen LogP contribution is 2.12. The van der Waals surface area contributed by atoms with Crippen molar-refractivity contribution >= 4 is 11.8 Å². The second-order valence-corrected chi connectivity index (χ2v) is 4.50. The topological polar surface area (TPSA) is 58.2 Å². The minimum absolute atomic E-state index is 0.0579. The van der Waals surface area contributed by atoms with E-state index < -0.39 is 0 Å². The van der Waals surface area contributed by atoms with Gasteiger partial charge in [-0.3, -0.25) is 9.59 Å². The smallest absolute Gasteiger partial charge is 0.243 e. The van der Waals surface area contributed by atoms with Crippen LogP contribution >= 0.6 is 0 Å². The quantitative estimate of drug-likeness (QED) is 0.594. The van der Waals surface area contributed by atoms with Gasteiger partial charge < -0.3 is 10.6 Å². The van der Waals surface area contributed by atoms with Crippen LogP contribution in [0.1, 0.15) is 33.1 Å². The molecule has 0 radical (unpaired) electrons. The van der Waals surface area contributed by atoms with Crippen molar-refractivity contribution in [1.82, 2.24) is 10.6 Å². The summed E-state index contributed by atoms with van der Waals surface area (Å²) in [6.45, 7) is 11.6. The molecule has 1 rings (SSSR count). The van der Waals surface area contributed by atoms with E-state index in [9.17, 15) is 9.59 Å². The Morgan fingerprint density at radius 3 is 2.56 bits per heavy atom. The van der Waals surface area contributed by atoms with Gasteiger partial charge in [-0.1, -0.05) is 19.1 Å². The van der Waals surface area contributed by atoms with Gasteiger partial charge in [0.25, 0.3) is 0 Å². The van der Waals surface area contributed by atoms with Gasteiger partial charge >= 0.3 is 0 Å². The largest absolute Gasteiger partial charge is 0.356 e. The maximum atomic E-state index is 11.1. The summed E-state index contributed by atoms with van der Waals surface area (Å²) >= 11 is 0. The monoisotopic (exact) mass is 252 g/mol. The average molecular weight is 252 g/mol. The molecule has 1 atom stereocenters. The molecule has 1 aliphatic rings. The normalized spacial score (nSPS) is 18.8. The summed E-state index contributed by atoms with van der Waals surface area (Å²) < 4.78 is 0. The molecule has 4 nitrogen and oxygen atoms in total. The molecule has 0 saturated carbocycles. The van der Waals surface area contributed by atoms with Crippen LogP contribution in [0.15, 0.2) is 25.3 Å². The molecule has 1 unspecified atom stereocenters. The van der Waals surface area contributed by atoms with Crippen molar-refractivity contribution in [3.63, 3.8) is 0 Å². The number of carbonyl (C=O) groups excluding carboxylic acids is 2. The third kappa shape index (κ3) is 7.65. The second kappa shape index (κ2) is 9.45. The lowest BCUT2D eigenvalue weighted by Crippen LogP contribution is -2.27. The summed E-state index contributed by atoms with van der Waals surface area (Å²) in [4.78, 5) is 21.5. The Bertz CT molecular complexity index is 298. The van der Waals surface area contributed by atoms with Gasteiger partial charge in [0.2, 0.25) is 11.8 Å². The zero-order valence-corrected chi connectivity index (χ0v) is 11.4. The summed E-state index contributed by atoms with van der Waals surface area (Å²) in [7, 11) is 0. The molecular formula is C14H24N2O2. The molecule has 0 aromatic heterocycles. The third-order valence-corrected chi connectivity index (χ3v) is 2.48. The predicted molar refractivity (Wildman–Crippen MR) is 74.0 cm³/mol. The van der Waals surface area contributed by atoms with Gasteiger partial charge in [-0.15, -0.1) is 6.58 Å². The summed E-state index contributed by atoms with van der Waals surface area (Å²) in [6.07, 6.45) is 6.21. The van der Waals surface area contributed by atoms with Crippen LogP contribution in [0.2, 0.25) is 0 Å². The van der Waals surface area contributed by atoms with Crippen molar-refractivity contribution in [2.75, 3.05) is 6.54 Å². The van der Waals surface area contributed by atoms with Crippen LogP contribution in [0.5, 0.6) is 0 Å². The van der Waals surface area contributed by atoms with Gasteiger partial charge in [-0.05, 0) is 32.8 Å². The Kier molecular flexibility index (Phi) is 8.62. The van der Waals surface area contributed by atoms with Crippen LogP contribution in [-0.2, 0) is 9.59 Å². The molecular weight excluding hydrogens is 228 g/mol. The number of carbonyl (C=O) groups is 2. The first kappa shape index (κ1) is 16.4. The Hall–Kier alpha value is -1.58. The van der Waals surface area contributed by atoms with E-state index in [2.05, 4.69) is 23.8 Å². The fourth-order valence-corrected chi connectivity index (χ4v) is 1.53. The van der Waals surface area contributed by atoms with Crippen molar-refractivity contribution in [2.45, 2.75) is 39.2 Å².